The fraction of sp³-hybridized carbons (Fsp3) is 0.615. The van der Waals surface area contributed by atoms with Crippen molar-refractivity contribution in [3.05, 3.63) is 15.3 Å². The van der Waals surface area contributed by atoms with E-state index in [0.717, 1.165) is 94.9 Å². The molecule has 2 atom stereocenters. The first-order valence-corrected chi connectivity index (χ1v) is 29.1. The molecule has 14 heteroatoms. The van der Waals surface area contributed by atoms with Crippen molar-refractivity contribution >= 4 is 142 Å². The molecule has 7 heterocycles. The summed E-state index contributed by atoms with van der Waals surface area (Å²) in [6.45, 7) is 15.1. The number of hydrogen-bond donors (Lipinski definition) is 0. The molecule has 8 aromatic rings. The minimum atomic E-state index is 0.347. The van der Waals surface area contributed by atoms with E-state index in [1.54, 1.807) is 41.1 Å². The molecule has 358 valence electrons. The molecule has 66 heavy (non-hydrogen) atoms. The molecule has 0 spiro atoms. The van der Waals surface area contributed by atoms with Gasteiger partial charge in [0.1, 0.15) is 22.5 Å². The molecular formula is C52H70N4O5S5. The Morgan fingerprint density at radius 1 is 0.545 bits per heavy atom. The largest absolute Gasteiger partial charge is 0.488 e. The minimum Gasteiger partial charge on any atom is -0.488 e. The Bertz CT molecular complexity index is 2870. The van der Waals surface area contributed by atoms with Crippen molar-refractivity contribution in [3.63, 3.8) is 0 Å². The Kier molecular flexibility index (Phi) is 17.6. The monoisotopic (exact) mass is 990 g/mol. The number of nitrogens with zero attached hydrogens (tertiary/aromatic N) is 4. The van der Waals surface area contributed by atoms with Crippen LogP contribution in [0.2, 0.25) is 0 Å². The van der Waals surface area contributed by atoms with Crippen molar-refractivity contribution in [1.29, 1.82) is 0 Å². The number of aldehydes is 2. The van der Waals surface area contributed by atoms with E-state index < -0.39 is 0 Å². The topological polar surface area (TPSA) is 97.5 Å². The van der Waals surface area contributed by atoms with Crippen LogP contribution in [0.1, 0.15) is 169 Å². The third-order valence-electron chi connectivity index (χ3n) is 13.9. The molecule has 1 aromatic carbocycles. The van der Waals surface area contributed by atoms with Gasteiger partial charge in [0.25, 0.3) is 0 Å². The Morgan fingerprint density at radius 2 is 1.06 bits per heavy atom. The van der Waals surface area contributed by atoms with Gasteiger partial charge in [-0.3, -0.25) is 9.59 Å². The number of rotatable bonds is 31. The first-order valence-electron chi connectivity index (χ1n) is 25.1. The zero-order valence-electron chi connectivity index (χ0n) is 40.2. The van der Waals surface area contributed by atoms with Crippen molar-refractivity contribution in [3.8, 4) is 5.75 Å². The first kappa shape index (κ1) is 49.4. The number of fused-ring (bicyclic) bond motifs is 14. The molecule has 0 bridgehead atoms. The highest BCUT2D eigenvalue weighted by molar-refractivity contribution is 7.35. The van der Waals surface area contributed by atoms with Gasteiger partial charge in [0.2, 0.25) is 0 Å². The van der Waals surface area contributed by atoms with E-state index in [2.05, 4.69) is 43.8 Å². The van der Waals surface area contributed by atoms with Crippen LogP contribution in [0.25, 0.3) is 72.1 Å². The van der Waals surface area contributed by atoms with Crippen LogP contribution in [0.3, 0.4) is 0 Å². The van der Waals surface area contributed by atoms with Crippen LogP contribution in [-0.4, -0.2) is 64.0 Å². The van der Waals surface area contributed by atoms with Gasteiger partial charge in [-0.15, -0.1) is 45.3 Å². The summed E-state index contributed by atoms with van der Waals surface area (Å²) in [5, 5.41) is 2.37. The van der Waals surface area contributed by atoms with Gasteiger partial charge < -0.3 is 23.3 Å². The Labute approximate surface area is 410 Å². The number of aryl methyl sites for hydroxylation is 1. The average molecular weight is 991 g/mol. The molecule has 9 nitrogen and oxygen atoms in total. The highest BCUT2D eigenvalue weighted by Gasteiger charge is 2.33. The molecule has 0 N–H and O–H groups in total. The van der Waals surface area contributed by atoms with E-state index in [-0.39, 0.29) is 0 Å². The molecule has 0 aliphatic carbocycles. The van der Waals surface area contributed by atoms with Crippen LogP contribution in [0.15, 0.2) is 0 Å². The van der Waals surface area contributed by atoms with Gasteiger partial charge >= 0.3 is 0 Å². The lowest BCUT2D eigenvalue weighted by molar-refractivity contribution is 0.0546. The van der Waals surface area contributed by atoms with Gasteiger partial charge in [-0.25, -0.2) is 0 Å². The van der Waals surface area contributed by atoms with Gasteiger partial charge in [-0.05, 0) is 43.1 Å². The van der Waals surface area contributed by atoms with Crippen molar-refractivity contribution in [2.24, 2.45) is 11.8 Å². The molecule has 8 rings (SSSR count). The van der Waals surface area contributed by atoms with Crippen LogP contribution < -0.4 is 4.74 Å². The summed E-state index contributed by atoms with van der Waals surface area (Å²) in [6.07, 6.45) is 23.8. The summed E-state index contributed by atoms with van der Waals surface area (Å²) in [4.78, 5) is 27.2. The molecule has 0 fully saturated rings. The van der Waals surface area contributed by atoms with E-state index >= 15 is 0 Å². The van der Waals surface area contributed by atoms with E-state index in [1.165, 1.54) is 141 Å². The smallest absolute Gasteiger partial charge is 0.163 e. The summed E-state index contributed by atoms with van der Waals surface area (Å²) >= 11 is 8.20. The number of carbonyl (C=O) groups is 2. The molecule has 0 saturated heterocycles. The summed E-state index contributed by atoms with van der Waals surface area (Å²) in [7, 11) is 1.67. The zero-order valence-corrected chi connectivity index (χ0v) is 44.2. The lowest BCUT2D eigenvalue weighted by Gasteiger charge is -2.20. The van der Waals surface area contributed by atoms with Crippen molar-refractivity contribution in [2.75, 3.05) is 33.5 Å². The van der Waals surface area contributed by atoms with Crippen molar-refractivity contribution in [2.45, 2.75) is 163 Å². The normalized spacial score (nSPS) is 13.4. The number of carbonyl (C=O) groups excluding carboxylic acids is 2. The summed E-state index contributed by atoms with van der Waals surface area (Å²) < 4.78 is 40.2. The second-order valence-corrected chi connectivity index (χ2v) is 23.0. The molecule has 0 radical (unpaired) electrons. The molecular weight excluding hydrogens is 921 g/mol. The molecule has 2 unspecified atom stereocenters. The predicted molar refractivity (Wildman–Crippen MR) is 286 cm³/mol. The number of hydrogen-bond acceptors (Lipinski definition) is 12. The molecule has 0 saturated carbocycles. The van der Waals surface area contributed by atoms with Gasteiger partial charge in [0, 0.05) is 31.0 Å². The second kappa shape index (κ2) is 23.6. The Morgan fingerprint density at radius 3 is 1.61 bits per heavy atom. The fourth-order valence-corrected chi connectivity index (χ4v) is 16.3. The third-order valence-corrected chi connectivity index (χ3v) is 19.4. The number of ether oxygens (including phenoxy) is 3. The Balaban J connectivity index is 1.35. The highest BCUT2D eigenvalue weighted by Crippen LogP contribution is 2.55. The van der Waals surface area contributed by atoms with Crippen LogP contribution in [0.4, 0.5) is 0 Å². The third kappa shape index (κ3) is 9.77. The lowest BCUT2D eigenvalue weighted by atomic mass is 9.99. The van der Waals surface area contributed by atoms with Gasteiger partial charge in [0.05, 0.1) is 86.7 Å². The van der Waals surface area contributed by atoms with Crippen LogP contribution in [0.5, 0.6) is 5.75 Å². The van der Waals surface area contributed by atoms with E-state index in [4.69, 9.17) is 23.0 Å². The van der Waals surface area contributed by atoms with Crippen LogP contribution >= 0.6 is 57.1 Å². The van der Waals surface area contributed by atoms with Crippen LogP contribution in [-0.2, 0) is 29.0 Å². The van der Waals surface area contributed by atoms with E-state index in [9.17, 15) is 9.59 Å². The zero-order chi connectivity index (χ0) is 46.2. The summed E-state index contributed by atoms with van der Waals surface area (Å²) in [5.74, 6) is 1.63. The maximum Gasteiger partial charge on any atom is 0.163 e. The van der Waals surface area contributed by atoms with Crippen molar-refractivity contribution < 1.29 is 23.8 Å². The van der Waals surface area contributed by atoms with Crippen LogP contribution in [0, 0.1) is 11.8 Å². The number of aromatic nitrogens is 4. The number of methoxy groups -OCH3 is 1. The lowest BCUT2D eigenvalue weighted by Crippen LogP contribution is -2.13. The highest BCUT2D eigenvalue weighted by atomic mass is 32.1. The number of thiophene rings is 4. The van der Waals surface area contributed by atoms with Gasteiger partial charge in [0.15, 0.2) is 18.3 Å². The predicted octanol–water partition coefficient (Wildman–Crippen LogP) is 16.6. The Hall–Kier alpha value is -2.98. The minimum absolute atomic E-state index is 0.347. The molecule has 0 aliphatic rings. The number of unbranched alkanes of at least 4 members (excludes halogenated alkanes) is 10. The average Bonchev–Trinajstić information content (AvgIpc) is 4.20. The maximum absolute atomic E-state index is 12.9. The quantitative estimate of drug-likeness (QED) is 0.0315. The van der Waals surface area contributed by atoms with Crippen molar-refractivity contribution in [1.82, 2.24) is 17.9 Å². The first-order chi connectivity index (χ1) is 32.5. The summed E-state index contributed by atoms with van der Waals surface area (Å²) in [5.41, 5.74) is 8.13. The molecule has 7 aromatic heterocycles. The number of benzene rings is 1. The van der Waals surface area contributed by atoms with E-state index in [0.29, 0.717) is 48.9 Å². The molecule has 0 amide bonds. The van der Waals surface area contributed by atoms with Gasteiger partial charge in [-0.2, -0.15) is 8.75 Å². The molecule has 0 aliphatic heterocycles. The maximum atomic E-state index is 12.9. The standard InChI is InChI=1S/C52H70N4O5S5/c1-7-12-15-16-17-18-19-20-21-24-35-36(31-57)62-50-44-48(64-47(35)50)38-40-41(54-66-53-40)39-43(42(38)55(44)29-33(10-4)22-13-8-2)56(30-34(11-5)23-14-9-3)45-49(39)65-52-46(37(32-58)63-51(45)52)61-28-27-60-26-25-59-6/h31-34H,7-30H2,1-6H3. The summed E-state index contributed by atoms with van der Waals surface area (Å²) in [6, 6.07) is 0. The fourth-order valence-electron chi connectivity index (χ4n) is 10.2. The van der Waals surface area contributed by atoms with E-state index in [1.807, 2.05) is 11.3 Å². The van der Waals surface area contributed by atoms with Gasteiger partial charge in [-0.1, -0.05) is 125 Å². The SMILES string of the molecule is CCCCCCCCCCCc1c(C=O)sc2c1sc1c3c4nsnc4c4c5sc6c(OCCOCCOC)c(C=O)sc6c5n(CC(CC)CCCC)c4c3n(CC(CC)CCCC)c21. The second-order valence-electron chi connectivity index (χ2n) is 18.3.